The summed E-state index contributed by atoms with van der Waals surface area (Å²) in [4.78, 5) is 26.7. The molecule has 1 saturated heterocycles. The Morgan fingerprint density at radius 3 is 2.81 bits per heavy atom. The van der Waals surface area contributed by atoms with E-state index >= 15 is 0 Å². The Morgan fingerprint density at radius 2 is 2.12 bits per heavy atom. The maximum Gasteiger partial charge on any atom is 0.253 e. The molecule has 1 fully saturated rings. The van der Waals surface area contributed by atoms with Crippen molar-refractivity contribution in [3.05, 3.63) is 42.0 Å². The second-order valence-corrected chi connectivity index (χ2v) is 8.48. The second-order valence-electron chi connectivity index (χ2n) is 8.48. The molecule has 2 heterocycles. The number of nitrogens with zero attached hydrogens (tertiary/aromatic N) is 1. The zero-order valence-corrected chi connectivity index (χ0v) is 15.9. The summed E-state index contributed by atoms with van der Waals surface area (Å²) in [5.41, 5.74) is 1.92. The molecule has 0 unspecified atom stereocenters. The van der Waals surface area contributed by atoms with Crippen LogP contribution in [0, 0.1) is 11.3 Å². The lowest BCUT2D eigenvalue weighted by Crippen LogP contribution is -2.41. The average molecular weight is 356 g/mol. The Hall–Kier alpha value is -2.30. The van der Waals surface area contributed by atoms with Crippen molar-refractivity contribution in [1.82, 2.24) is 10.2 Å². The number of nitrogens with one attached hydrogen (secondary N) is 1. The fourth-order valence-electron chi connectivity index (χ4n) is 3.94. The molecule has 0 radical (unpaired) electrons. The average Bonchev–Trinajstić information content (AvgIpc) is 3.19. The van der Waals surface area contributed by atoms with Crippen LogP contribution in [0.3, 0.4) is 0 Å². The molecule has 0 saturated carbocycles. The number of rotatable bonds is 4. The van der Waals surface area contributed by atoms with Crippen molar-refractivity contribution in [3.63, 3.8) is 0 Å². The second kappa shape index (κ2) is 7.14. The van der Waals surface area contributed by atoms with Crippen LogP contribution in [-0.2, 0) is 11.2 Å². The number of hydrogen-bond acceptors (Lipinski definition) is 3. The van der Waals surface area contributed by atoms with Gasteiger partial charge in [0.05, 0.1) is 12.6 Å². The summed E-state index contributed by atoms with van der Waals surface area (Å²) in [6.07, 6.45) is 3.08. The first kappa shape index (κ1) is 18.5. The first-order valence-corrected chi connectivity index (χ1v) is 9.25. The van der Waals surface area contributed by atoms with Gasteiger partial charge in [0, 0.05) is 25.1 Å². The van der Waals surface area contributed by atoms with Crippen LogP contribution < -0.4 is 10.1 Å². The fourth-order valence-corrected chi connectivity index (χ4v) is 3.94. The molecule has 2 aliphatic heterocycles. The number of carbonyl (C=O) groups is 2. The number of carbonyl (C=O) groups excluding carboxylic acids is 2. The minimum Gasteiger partial charge on any atom is -0.493 e. The Balaban J connectivity index is 1.76. The summed E-state index contributed by atoms with van der Waals surface area (Å²) in [6, 6.07) is 5.62. The smallest absolute Gasteiger partial charge is 0.253 e. The third-order valence-corrected chi connectivity index (χ3v) is 5.05. The molecule has 5 nitrogen and oxygen atoms in total. The summed E-state index contributed by atoms with van der Waals surface area (Å²) in [7, 11) is 0. The number of hydrogen-bond donors (Lipinski definition) is 1. The summed E-state index contributed by atoms with van der Waals surface area (Å²) in [5, 5.41) is 3.01. The van der Waals surface area contributed by atoms with E-state index in [1.807, 2.05) is 23.1 Å². The molecule has 2 aliphatic rings. The summed E-state index contributed by atoms with van der Waals surface area (Å²) in [5.74, 6) is 0.956. The molecule has 0 bridgehead atoms. The van der Waals surface area contributed by atoms with Crippen LogP contribution >= 0.6 is 0 Å². The van der Waals surface area contributed by atoms with Gasteiger partial charge in [0.15, 0.2) is 0 Å². The molecule has 26 heavy (non-hydrogen) atoms. The van der Waals surface area contributed by atoms with E-state index in [1.165, 1.54) is 6.08 Å². The lowest BCUT2D eigenvalue weighted by atomic mass is 9.82. The van der Waals surface area contributed by atoms with Gasteiger partial charge in [0.2, 0.25) is 5.91 Å². The van der Waals surface area contributed by atoms with Crippen molar-refractivity contribution in [2.24, 2.45) is 11.3 Å². The van der Waals surface area contributed by atoms with Gasteiger partial charge in [-0.15, -0.1) is 0 Å². The van der Waals surface area contributed by atoms with E-state index in [0.29, 0.717) is 25.3 Å². The summed E-state index contributed by atoms with van der Waals surface area (Å²) < 4.78 is 5.52. The van der Waals surface area contributed by atoms with Gasteiger partial charge in [-0.1, -0.05) is 27.4 Å². The molecule has 1 aromatic rings. The van der Waals surface area contributed by atoms with Crippen molar-refractivity contribution in [1.29, 1.82) is 0 Å². The molecule has 0 spiro atoms. The van der Waals surface area contributed by atoms with E-state index in [1.54, 1.807) is 0 Å². The fraction of sp³-hybridized carbons (Fsp3) is 0.524. The first-order valence-electron chi connectivity index (χ1n) is 9.25. The highest BCUT2D eigenvalue weighted by molar-refractivity contribution is 5.95. The van der Waals surface area contributed by atoms with Crippen molar-refractivity contribution >= 4 is 11.8 Å². The standard InChI is InChI=1S/C21H28N2O3/c1-5-19(24)22-17-13-23(12-16(17)11-21(2,3)4)20(25)15-6-7-18-14(10-15)8-9-26-18/h5-7,10,16-17H,1,8-9,11-13H2,2-4H3,(H,22,24)/t16-,17-/m1/s1. The van der Waals surface area contributed by atoms with Crippen molar-refractivity contribution < 1.29 is 14.3 Å². The van der Waals surface area contributed by atoms with Crippen molar-refractivity contribution in [2.45, 2.75) is 39.7 Å². The van der Waals surface area contributed by atoms with E-state index in [0.717, 1.165) is 24.2 Å². The summed E-state index contributed by atoms with van der Waals surface area (Å²) in [6.45, 7) is 12.0. The van der Waals surface area contributed by atoms with Gasteiger partial charge in [-0.05, 0) is 47.6 Å². The zero-order valence-electron chi connectivity index (χ0n) is 15.9. The SMILES string of the molecule is C=CC(=O)N[C@@H]1CN(C(=O)c2ccc3c(c2)CCO3)C[C@H]1CC(C)(C)C. The maximum atomic E-state index is 13.0. The molecule has 3 rings (SSSR count). The number of ether oxygens (including phenoxy) is 1. The minimum atomic E-state index is -0.183. The number of amides is 2. The van der Waals surface area contributed by atoms with Gasteiger partial charge in [0.1, 0.15) is 5.75 Å². The molecule has 5 heteroatoms. The van der Waals surface area contributed by atoms with Crippen LogP contribution in [0.25, 0.3) is 0 Å². The monoisotopic (exact) mass is 356 g/mol. The molecule has 1 aromatic carbocycles. The third kappa shape index (κ3) is 4.09. The molecule has 0 aromatic heterocycles. The molecular formula is C21H28N2O3. The minimum absolute atomic E-state index is 0.0222. The van der Waals surface area contributed by atoms with Crippen LogP contribution in [0.2, 0.25) is 0 Å². The van der Waals surface area contributed by atoms with E-state index in [9.17, 15) is 9.59 Å². The lowest BCUT2D eigenvalue weighted by molar-refractivity contribution is -0.117. The Morgan fingerprint density at radius 1 is 1.35 bits per heavy atom. The molecule has 0 aliphatic carbocycles. The largest absolute Gasteiger partial charge is 0.493 e. The van der Waals surface area contributed by atoms with Crippen molar-refractivity contribution in [3.8, 4) is 5.75 Å². The van der Waals surface area contributed by atoms with Crippen LogP contribution in [-0.4, -0.2) is 42.5 Å². The van der Waals surface area contributed by atoms with Gasteiger partial charge in [0.25, 0.3) is 5.91 Å². The highest BCUT2D eigenvalue weighted by Gasteiger charge is 2.38. The summed E-state index contributed by atoms with van der Waals surface area (Å²) >= 11 is 0. The molecule has 1 N–H and O–H groups in total. The quantitative estimate of drug-likeness (QED) is 0.844. The molecular weight excluding hydrogens is 328 g/mol. The van der Waals surface area contributed by atoms with E-state index in [-0.39, 0.29) is 29.2 Å². The van der Waals surface area contributed by atoms with Crippen molar-refractivity contribution in [2.75, 3.05) is 19.7 Å². The number of fused-ring (bicyclic) bond motifs is 1. The van der Waals surface area contributed by atoms with Crippen LogP contribution in [0.4, 0.5) is 0 Å². The highest BCUT2D eigenvalue weighted by atomic mass is 16.5. The Labute approximate surface area is 155 Å². The van der Waals surface area contributed by atoms with Gasteiger partial charge in [-0.25, -0.2) is 0 Å². The van der Waals surface area contributed by atoms with Gasteiger partial charge in [-0.3, -0.25) is 9.59 Å². The van der Waals surface area contributed by atoms with E-state index < -0.39 is 0 Å². The topological polar surface area (TPSA) is 58.6 Å². The third-order valence-electron chi connectivity index (χ3n) is 5.05. The predicted molar refractivity (Wildman–Crippen MR) is 101 cm³/mol. The first-order chi connectivity index (χ1) is 12.3. The molecule has 2 atom stereocenters. The van der Waals surface area contributed by atoms with E-state index in [4.69, 9.17) is 4.74 Å². The van der Waals surface area contributed by atoms with Gasteiger partial charge < -0.3 is 15.0 Å². The van der Waals surface area contributed by atoms with E-state index in [2.05, 4.69) is 32.7 Å². The van der Waals surface area contributed by atoms with Gasteiger partial charge >= 0.3 is 0 Å². The van der Waals surface area contributed by atoms with Crippen LogP contribution in [0.5, 0.6) is 5.75 Å². The Kier molecular flexibility index (Phi) is 5.08. The number of benzene rings is 1. The van der Waals surface area contributed by atoms with Crippen LogP contribution in [0.15, 0.2) is 30.9 Å². The zero-order chi connectivity index (χ0) is 18.9. The van der Waals surface area contributed by atoms with Crippen LogP contribution in [0.1, 0.15) is 43.1 Å². The lowest BCUT2D eigenvalue weighted by Gasteiger charge is -2.26. The maximum absolute atomic E-state index is 13.0. The normalized spacial score (nSPS) is 21.9. The molecule has 2 amide bonds. The molecule has 140 valence electrons. The predicted octanol–water partition coefficient (Wildman–Crippen LogP) is 2.80. The van der Waals surface area contributed by atoms with Gasteiger partial charge in [-0.2, -0.15) is 0 Å². The Bertz CT molecular complexity index is 720. The number of likely N-dealkylation sites (tertiary alicyclic amines) is 1. The highest BCUT2D eigenvalue weighted by Crippen LogP contribution is 2.32.